The lowest BCUT2D eigenvalue weighted by atomic mass is 10.2. The molecule has 0 radical (unpaired) electrons. The van der Waals surface area contributed by atoms with Crippen LogP contribution in [0.5, 0.6) is 0 Å². The summed E-state index contributed by atoms with van der Waals surface area (Å²) in [4.78, 5) is 12.7. The van der Waals surface area contributed by atoms with Crippen molar-refractivity contribution in [3.05, 3.63) is 24.9 Å². The molecule has 0 N–H and O–H groups in total. The fraction of sp³-hybridized carbons (Fsp3) is 0.444. The summed E-state index contributed by atoms with van der Waals surface area (Å²) in [5.74, 6) is 0. The average molecular weight is 167 g/mol. The van der Waals surface area contributed by atoms with Crippen LogP contribution >= 0.6 is 0 Å². The van der Waals surface area contributed by atoms with E-state index < -0.39 is 0 Å². The Morgan fingerprint density at radius 3 is 3.17 bits per heavy atom. The van der Waals surface area contributed by atoms with Gasteiger partial charge in [-0.2, -0.15) is 0 Å². The fourth-order valence-corrected chi connectivity index (χ4v) is 1.02. The van der Waals surface area contributed by atoms with Crippen LogP contribution in [0.25, 0.3) is 0 Å². The molecule has 0 atom stereocenters. The highest BCUT2D eigenvalue weighted by molar-refractivity contribution is 5.69. The van der Waals surface area contributed by atoms with E-state index in [1.54, 1.807) is 17.2 Å². The van der Waals surface area contributed by atoms with Crippen LogP contribution in [-0.2, 0) is 4.74 Å². The molecule has 0 aromatic carbocycles. The molecule has 3 nitrogen and oxygen atoms in total. The first-order chi connectivity index (χ1) is 5.84. The van der Waals surface area contributed by atoms with Crippen molar-refractivity contribution in [2.45, 2.75) is 12.8 Å². The lowest BCUT2D eigenvalue weighted by Crippen LogP contribution is -2.29. The molecule has 0 aromatic rings. The minimum absolute atomic E-state index is 0.281. The minimum Gasteiger partial charge on any atom is -0.445 e. The number of nitrogens with zero attached hydrogens (tertiary/aromatic N) is 1. The second kappa shape index (κ2) is 4.59. The maximum atomic E-state index is 11.2. The molecular formula is C9H13NO2. The molecule has 3 heteroatoms. The van der Waals surface area contributed by atoms with Crippen LogP contribution in [0.3, 0.4) is 0 Å². The van der Waals surface area contributed by atoms with Gasteiger partial charge in [-0.1, -0.05) is 18.7 Å². The quantitative estimate of drug-likeness (QED) is 0.588. The Morgan fingerprint density at radius 2 is 2.58 bits per heavy atom. The van der Waals surface area contributed by atoms with E-state index in [1.165, 1.54) is 0 Å². The van der Waals surface area contributed by atoms with Gasteiger partial charge in [0.05, 0.1) is 0 Å². The molecule has 0 aromatic heterocycles. The third kappa shape index (κ3) is 2.42. The SMILES string of the molecule is C=CCOC(=O)N1C=CCCC1. The van der Waals surface area contributed by atoms with Crippen molar-refractivity contribution < 1.29 is 9.53 Å². The number of carbonyl (C=O) groups is 1. The first kappa shape index (κ1) is 8.84. The molecule has 0 spiro atoms. The molecule has 0 unspecified atom stereocenters. The van der Waals surface area contributed by atoms with Gasteiger partial charge in [0.2, 0.25) is 0 Å². The largest absolute Gasteiger partial charge is 0.445 e. The van der Waals surface area contributed by atoms with Gasteiger partial charge in [0.25, 0.3) is 0 Å². The van der Waals surface area contributed by atoms with Crippen LogP contribution in [0.1, 0.15) is 12.8 Å². The summed E-state index contributed by atoms with van der Waals surface area (Å²) in [5.41, 5.74) is 0. The number of amides is 1. The molecule has 66 valence electrons. The Hall–Kier alpha value is -1.25. The smallest absolute Gasteiger partial charge is 0.414 e. The summed E-state index contributed by atoms with van der Waals surface area (Å²) < 4.78 is 4.85. The van der Waals surface area contributed by atoms with E-state index in [1.807, 2.05) is 6.08 Å². The molecule has 1 aliphatic rings. The van der Waals surface area contributed by atoms with Crippen LogP contribution in [0.2, 0.25) is 0 Å². The highest BCUT2D eigenvalue weighted by Crippen LogP contribution is 2.06. The van der Waals surface area contributed by atoms with Crippen molar-refractivity contribution in [1.82, 2.24) is 4.90 Å². The highest BCUT2D eigenvalue weighted by Gasteiger charge is 2.12. The Kier molecular flexibility index (Phi) is 3.38. The molecule has 0 saturated heterocycles. The third-order valence-corrected chi connectivity index (χ3v) is 1.61. The van der Waals surface area contributed by atoms with Crippen molar-refractivity contribution in [3.63, 3.8) is 0 Å². The Balaban J connectivity index is 2.35. The minimum atomic E-state index is -0.286. The highest BCUT2D eigenvalue weighted by atomic mass is 16.6. The Morgan fingerprint density at radius 1 is 1.75 bits per heavy atom. The number of ether oxygens (including phenoxy) is 1. The third-order valence-electron chi connectivity index (χ3n) is 1.61. The van der Waals surface area contributed by atoms with E-state index in [9.17, 15) is 4.79 Å². The van der Waals surface area contributed by atoms with Gasteiger partial charge in [0.1, 0.15) is 6.61 Å². The van der Waals surface area contributed by atoms with Gasteiger partial charge >= 0.3 is 6.09 Å². The molecule has 0 saturated carbocycles. The van der Waals surface area contributed by atoms with Crippen molar-refractivity contribution in [3.8, 4) is 0 Å². The zero-order valence-corrected chi connectivity index (χ0v) is 7.03. The first-order valence-corrected chi connectivity index (χ1v) is 4.05. The van der Waals surface area contributed by atoms with Crippen LogP contribution in [0, 0.1) is 0 Å². The monoisotopic (exact) mass is 167 g/mol. The van der Waals surface area contributed by atoms with Gasteiger partial charge in [0.15, 0.2) is 0 Å². The van der Waals surface area contributed by atoms with Crippen molar-refractivity contribution >= 4 is 6.09 Å². The van der Waals surface area contributed by atoms with Crippen LogP contribution in [0.4, 0.5) is 4.79 Å². The molecule has 12 heavy (non-hydrogen) atoms. The molecule has 0 bridgehead atoms. The average Bonchev–Trinajstić information content (AvgIpc) is 2.15. The summed E-state index contributed by atoms with van der Waals surface area (Å²) in [6.45, 7) is 4.50. The van der Waals surface area contributed by atoms with E-state index >= 15 is 0 Å². The van der Waals surface area contributed by atoms with Crippen molar-refractivity contribution in [1.29, 1.82) is 0 Å². The summed E-state index contributed by atoms with van der Waals surface area (Å²) in [7, 11) is 0. The maximum Gasteiger partial charge on any atom is 0.414 e. The van der Waals surface area contributed by atoms with Gasteiger partial charge in [-0.05, 0) is 12.8 Å². The zero-order chi connectivity index (χ0) is 8.81. The predicted octanol–water partition coefficient (Wildman–Crippen LogP) is 1.92. The zero-order valence-electron chi connectivity index (χ0n) is 7.03. The number of hydrogen-bond donors (Lipinski definition) is 0. The molecular weight excluding hydrogens is 154 g/mol. The fourth-order valence-electron chi connectivity index (χ4n) is 1.02. The summed E-state index contributed by atoms with van der Waals surface area (Å²) in [5, 5.41) is 0. The standard InChI is InChI=1S/C9H13NO2/c1-2-8-12-9(11)10-6-4-3-5-7-10/h2,4,6H,1,3,5,7-8H2. The predicted molar refractivity (Wildman–Crippen MR) is 46.6 cm³/mol. The molecule has 1 heterocycles. The van der Waals surface area contributed by atoms with Crippen molar-refractivity contribution in [2.24, 2.45) is 0 Å². The number of allylic oxidation sites excluding steroid dienone is 1. The van der Waals surface area contributed by atoms with Crippen LogP contribution in [-0.4, -0.2) is 24.1 Å². The molecule has 1 amide bonds. The normalized spacial score (nSPS) is 15.8. The molecule has 0 fully saturated rings. The first-order valence-electron chi connectivity index (χ1n) is 4.05. The Bertz CT molecular complexity index is 199. The summed E-state index contributed by atoms with van der Waals surface area (Å²) >= 11 is 0. The number of hydrogen-bond acceptors (Lipinski definition) is 2. The molecule has 1 rings (SSSR count). The van der Waals surface area contributed by atoms with E-state index in [-0.39, 0.29) is 12.7 Å². The number of carbonyl (C=O) groups excluding carboxylic acids is 1. The van der Waals surface area contributed by atoms with Crippen LogP contribution in [0.15, 0.2) is 24.9 Å². The summed E-state index contributed by atoms with van der Waals surface area (Å²) in [6.07, 6.45) is 7.08. The summed E-state index contributed by atoms with van der Waals surface area (Å²) in [6, 6.07) is 0. The number of rotatable bonds is 2. The van der Waals surface area contributed by atoms with Gasteiger partial charge in [-0.15, -0.1) is 0 Å². The van der Waals surface area contributed by atoms with E-state index in [0.29, 0.717) is 0 Å². The van der Waals surface area contributed by atoms with Gasteiger partial charge in [0, 0.05) is 12.7 Å². The lowest BCUT2D eigenvalue weighted by molar-refractivity contribution is 0.126. The Labute approximate surface area is 72.3 Å². The van der Waals surface area contributed by atoms with Crippen molar-refractivity contribution in [2.75, 3.05) is 13.2 Å². The van der Waals surface area contributed by atoms with E-state index in [4.69, 9.17) is 4.74 Å². The van der Waals surface area contributed by atoms with E-state index in [2.05, 4.69) is 6.58 Å². The molecule has 0 aliphatic carbocycles. The van der Waals surface area contributed by atoms with Gasteiger partial charge in [-0.25, -0.2) is 4.79 Å². The van der Waals surface area contributed by atoms with E-state index in [0.717, 1.165) is 19.4 Å². The van der Waals surface area contributed by atoms with Gasteiger partial charge in [-0.3, -0.25) is 4.90 Å². The van der Waals surface area contributed by atoms with Crippen LogP contribution < -0.4 is 0 Å². The van der Waals surface area contributed by atoms with Gasteiger partial charge < -0.3 is 4.74 Å². The second-order valence-corrected chi connectivity index (χ2v) is 2.59. The maximum absolute atomic E-state index is 11.2. The lowest BCUT2D eigenvalue weighted by Gasteiger charge is -2.19. The topological polar surface area (TPSA) is 29.5 Å². The molecule has 1 aliphatic heterocycles. The second-order valence-electron chi connectivity index (χ2n) is 2.59.